The maximum atomic E-state index is 13.9. The van der Waals surface area contributed by atoms with Gasteiger partial charge in [-0.15, -0.1) is 0 Å². The average molecular weight is 479 g/mol. The lowest BCUT2D eigenvalue weighted by molar-refractivity contribution is -0.107. The average Bonchev–Trinajstić information content (AvgIpc) is 2.85. The van der Waals surface area contributed by atoms with E-state index in [2.05, 4.69) is 15.3 Å². The summed E-state index contributed by atoms with van der Waals surface area (Å²) in [6.07, 6.45) is 4.60. The van der Waals surface area contributed by atoms with Crippen molar-refractivity contribution in [3.63, 3.8) is 0 Å². The van der Waals surface area contributed by atoms with Gasteiger partial charge in [0, 0.05) is 24.5 Å². The summed E-state index contributed by atoms with van der Waals surface area (Å²) >= 11 is 6.28. The molecule has 0 aliphatic heterocycles. The predicted molar refractivity (Wildman–Crippen MR) is 130 cm³/mol. The molecule has 1 N–H and O–H groups in total. The largest absolute Gasteiger partial charge is 0.368 e. The lowest BCUT2D eigenvalue weighted by atomic mass is 10.1. The zero-order valence-corrected chi connectivity index (χ0v) is 18.8. The smallest absolute Gasteiger partial charge is 0.214 e. The SMILES string of the molecule is O=CN(Cc1cccnc1)c1ccc(-c2cc(F)ccc2Cl)nc1NCCc1cccc(F)c1. The highest BCUT2D eigenvalue weighted by Crippen LogP contribution is 2.32. The topological polar surface area (TPSA) is 58.1 Å². The first-order valence-electron chi connectivity index (χ1n) is 10.6. The Morgan fingerprint density at radius 1 is 0.971 bits per heavy atom. The number of rotatable bonds is 9. The molecule has 0 unspecified atom stereocenters. The molecule has 0 saturated carbocycles. The molecule has 0 aliphatic carbocycles. The van der Waals surface area contributed by atoms with Crippen molar-refractivity contribution in [3.8, 4) is 11.3 Å². The zero-order valence-electron chi connectivity index (χ0n) is 18.1. The van der Waals surface area contributed by atoms with Crippen molar-refractivity contribution in [1.29, 1.82) is 0 Å². The van der Waals surface area contributed by atoms with E-state index < -0.39 is 5.82 Å². The van der Waals surface area contributed by atoms with Crippen LogP contribution >= 0.6 is 11.6 Å². The highest BCUT2D eigenvalue weighted by molar-refractivity contribution is 6.33. The predicted octanol–water partition coefficient (Wildman–Crippen LogP) is 5.89. The van der Waals surface area contributed by atoms with Crippen LogP contribution in [0.15, 0.2) is 79.1 Å². The number of nitrogens with zero attached hydrogens (tertiary/aromatic N) is 3. The van der Waals surface area contributed by atoms with Crippen LogP contribution in [-0.4, -0.2) is 22.9 Å². The summed E-state index contributed by atoms with van der Waals surface area (Å²) in [5.74, 6) is -0.315. The Kier molecular flexibility index (Phi) is 7.44. The Labute approximate surface area is 201 Å². The van der Waals surface area contributed by atoms with Crippen molar-refractivity contribution in [2.45, 2.75) is 13.0 Å². The van der Waals surface area contributed by atoms with E-state index in [9.17, 15) is 13.6 Å². The van der Waals surface area contributed by atoms with Gasteiger partial charge in [-0.3, -0.25) is 9.78 Å². The van der Waals surface area contributed by atoms with Crippen molar-refractivity contribution < 1.29 is 13.6 Å². The number of pyridine rings is 2. The number of hydrogen-bond acceptors (Lipinski definition) is 4. The van der Waals surface area contributed by atoms with Gasteiger partial charge < -0.3 is 10.2 Å². The Balaban J connectivity index is 1.66. The molecule has 4 rings (SSSR count). The van der Waals surface area contributed by atoms with Crippen LogP contribution in [0.1, 0.15) is 11.1 Å². The quantitative estimate of drug-likeness (QED) is 0.305. The maximum Gasteiger partial charge on any atom is 0.214 e. The van der Waals surface area contributed by atoms with Gasteiger partial charge in [0.15, 0.2) is 5.82 Å². The van der Waals surface area contributed by atoms with Gasteiger partial charge in [-0.25, -0.2) is 13.8 Å². The van der Waals surface area contributed by atoms with Crippen LogP contribution in [-0.2, 0) is 17.8 Å². The van der Waals surface area contributed by atoms with Gasteiger partial charge in [0.25, 0.3) is 0 Å². The van der Waals surface area contributed by atoms with Gasteiger partial charge in [-0.1, -0.05) is 29.8 Å². The van der Waals surface area contributed by atoms with Crippen LogP contribution in [0.25, 0.3) is 11.3 Å². The number of benzene rings is 2. The fraction of sp³-hybridized carbons (Fsp3) is 0.115. The number of aromatic nitrogens is 2. The molecule has 8 heteroatoms. The number of carbonyl (C=O) groups excluding carboxylic acids is 1. The van der Waals surface area contributed by atoms with Crippen molar-refractivity contribution >= 4 is 29.5 Å². The van der Waals surface area contributed by atoms with E-state index in [4.69, 9.17) is 11.6 Å². The third-order valence-electron chi connectivity index (χ3n) is 5.19. The van der Waals surface area contributed by atoms with Crippen LogP contribution < -0.4 is 10.2 Å². The van der Waals surface area contributed by atoms with Gasteiger partial charge in [0.1, 0.15) is 11.6 Å². The molecule has 0 atom stereocenters. The maximum absolute atomic E-state index is 13.9. The van der Waals surface area contributed by atoms with Gasteiger partial charge in [0.2, 0.25) is 6.41 Å². The molecule has 0 spiro atoms. The summed E-state index contributed by atoms with van der Waals surface area (Å²) in [6, 6.07) is 17.5. The third kappa shape index (κ3) is 5.74. The summed E-state index contributed by atoms with van der Waals surface area (Å²) < 4.78 is 27.4. The van der Waals surface area contributed by atoms with Crippen LogP contribution in [0, 0.1) is 11.6 Å². The lowest BCUT2D eigenvalue weighted by Gasteiger charge is -2.22. The molecule has 0 aliphatic rings. The number of nitrogens with one attached hydrogen (secondary N) is 1. The first-order chi connectivity index (χ1) is 16.5. The minimum absolute atomic E-state index is 0.289. The Bertz CT molecular complexity index is 1290. The van der Waals surface area contributed by atoms with E-state index >= 15 is 0 Å². The second-order valence-corrected chi connectivity index (χ2v) is 8.00. The van der Waals surface area contributed by atoms with E-state index in [0.29, 0.717) is 40.8 Å². The minimum atomic E-state index is -0.433. The summed E-state index contributed by atoms with van der Waals surface area (Å²) in [6.45, 7) is 0.723. The summed E-state index contributed by atoms with van der Waals surface area (Å²) in [5.41, 5.74) is 3.09. The molecule has 2 aromatic carbocycles. The first kappa shape index (κ1) is 23.3. The molecule has 0 fully saturated rings. The van der Waals surface area contributed by atoms with Crippen molar-refractivity contribution in [3.05, 3.63) is 107 Å². The molecular formula is C26H21ClF2N4O. The Morgan fingerprint density at radius 2 is 1.79 bits per heavy atom. The van der Waals surface area contributed by atoms with E-state index in [0.717, 1.165) is 17.5 Å². The normalized spacial score (nSPS) is 10.7. The molecule has 4 aromatic rings. The molecule has 1 amide bonds. The monoisotopic (exact) mass is 478 g/mol. The minimum Gasteiger partial charge on any atom is -0.368 e. The molecule has 34 heavy (non-hydrogen) atoms. The first-order valence-corrected chi connectivity index (χ1v) is 11.0. The van der Waals surface area contributed by atoms with Gasteiger partial charge in [-0.05, 0) is 66.1 Å². The van der Waals surface area contributed by atoms with E-state index in [-0.39, 0.29) is 12.4 Å². The van der Waals surface area contributed by atoms with Crippen LogP contribution in [0.5, 0.6) is 0 Å². The summed E-state index contributed by atoms with van der Waals surface area (Å²) in [7, 11) is 0. The van der Waals surface area contributed by atoms with E-state index in [1.165, 1.54) is 35.2 Å². The fourth-order valence-corrected chi connectivity index (χ4v) is 3.76. The molecule has 0 radical (unpaired) electrons. The second kappa shape index (κ2) is 10.9. The van der Waals surface area contributed by atoms with Gasteiger partial charge >= 0.3 is 0 Å². The summed E-state index contributed by atoms with van der Waals surface area (Å²) in [5, 5.41) is 3.60. The molecule has 0 saturated heterocycles. The Morgan fingerprint density at radius 3 is 2.56 bits per heavy atom. The highest BCUT2D eigenvalue weighted by Gasteiger charge is 2.16. The number of amides is 1. The fourth-order valence-electron chi connectivity index (χ4n) is 3.54. The van der Waals surface area contributed by atoms with Crippen molar-refractivity contribution in [1.82, 2.24) is 9.97 Å². The van der Waals surface area contributed by atoms with Crippen LogP contribution in [0.2, 0.25) is 5.02 Å². The van der Waals surface area contributed by atoms with Crippen LogP contribution in [0.3, 0.4) is 0 Å². The number of carbonyl (C=O) groups is 1. The second-order valence-electron chi connectivity index (χ2n) is 7.59. The number of halogens is 3. The molecule has 172 valence electrons. The zero-order chi connectivity index (χ0) is 23.9. The number of anilines is 2. The van der Waals surface area contributed by atoms with Gasteiger partial charge in [0.05, 0.1) is 22.9 Å². The molecular weight excluding hydrogens is 458 g/mol. The third-order valence-corrected chi connectivity index (χ3v) is 5.52. The van der Waals surface area contributed by atoms with Gasteiger partial charge in [-0.2, -0.15) is 0 Å². The standard InChI is InChI=1S/C26H21ClF2N4O/c27-23-7-6-21(29)14-22(23)24-8-9-25(33(17-34)16-19-4-2-11-30-15-19)26(32-24)31-12-10-18-3-1-5-20(28)13-18/h1-9,11,13-15,17H,10,12,16H2,(H,31,32). The lowest BCUT2D eigenvalue weighted by Crippen LogP contribution is -2.23. The van der Waals surface area contributed by atoms with Crippen LogP contribution in [0.4, 0.5) is 20.3 Å². The molecule has 2 aromatic heterocycles. The highest BCUT2D eigenvalue weighted by atomic mass is 35.5. The van der Waals surface area contributed by atoms with E-state index in [1.54, 1.807) is 36.7 Å². The Hall–Kier alpha value is -3.84. The molecule has 2 heterocycles. The number of hydrogen-bond donors (Lipinski definition) is 1. The molecule has 0 bridgehead atoms. The van der Waals surface area contributed by atoms with E-state index in [1.807, 2.05) is 12.1 Å². The summed E-state index contributed by atoms with van der Waals surface area (Å²) in [4.78, 5) is 22.2. The van der Waals surface area contributed by atoms with Crippen molar-refractivity contribution in [2.75, 3.05) is 16.8 Å². The molecule has 5 nitrogen and oxygen atoms in total. The van der Waals surface area contributed by atoms with Crippen molar-refractivity contribution in [2.24, 2.45) is 0 Å².